The smallest absolute Gasteiger partial charge is 0.293 e. The number of benzene rings is 1. The van der Waals surface area contributed by atoms with Crippen LogP contribution in [0.2, 0.25) is 0 Å². The zero-order valence-electron chi connectivity index (χ0n) is 11.0. The van der Waals surface area contributed by atoms with Gasteiger partial charge in [0.05, 0.1) is 12.2 Å². The Morgan fingerprint density at radius 2 is 2.11 bits per heavy atom. The Hall–Kier alpha value is -0.870. The van der Waals surface area contributed by atoms with Gasteiger partial charge in [-0.1, -0.05) is 36.7 Å². The molecule has 0 saturated heterocycles. The largest absolute Gasteiger partial charge is 0.373 e. The molecular weight excluding hydrogens is 296 g/mol. The molecule has 0 aliphatic carbocycles. The van der Waals surface area contributed by atoms with Gasteiger partial charge in [0.15, 0.2) is 0 Å². The maximum Gasteiger partial charge on any atom is 0.373 e. The zero-order valence-corrected chi connectivity index (χ0v) is 12.6. The molecule has 0 heterocycles. The van der Waals surface area contributed by atoms with Crippen LogP contribution < -0.4 is 0 Å². The minimum atomic E-state index is -0.424. The second-order valence-corrected chi connectivity index (χ2v) is 5.51. The van der Waals surface area contributed by atoms with E-state index in [1.54, 1.807) is 6.07 Å². The highest BCUT2D eigenvalue weighted by Crippen LogP contribution is 2.20. The fraction of sp³-hybridized carbons (Fsp3) is 0.500. The first-order valence-corrected chi connectivity index (χ1v) is 6.96. The van der Waals surface area contributed by atoms with E-state index in [1.165, 1.54) is 0 Å². The average Bonchev–Trinajstić information content (AvgIpc) is 2.28. The summed E-state index contributed by atoms with van der Waals surface area (Å²) in [4.78, 5) is 21.5. The van der Waals surface area contributed by atoms with Gasteiger partial charge in [-0.2, -0.15) is 4.89 Å². The lowest BCUT2D eigenvalue weighted by molar-refractivity contribution is -0.240. The van der Waals surface area contributed by atoms with Crippen molar-refractivity contribution in [3.8, 4) is 0 Å². The molecule has 18 heavy (non-hydrogen) atoms. The van der Waals surface area contributed by atoms with Gasteiger partial charge in [-0.25, -0.2) is 4.79 Å². The molecule has 0 saturated carbocycles. The highest BCUT2D eigenvalue weighted by molar-refractivity contribution is 9.10. The monoisotopic (exact) mass is 314 g/mol. The molecule has 0 unspecified atom stereocenters. The predicted octanol–water partition coefficient (Wildman–Crippen LogP) is 4.15. The summed E-state index contributed by atoms with van der Waals surface area (Å²) in [6.45, 7) is 6.60. The fourth-order valence-electron chi connectivity index (χ4n) is 1.59. The molecule has 0 aliphatic heterocycles. The van der Waals surface area contributed by atoms with Gasteiger partial charge in [-0.3, -0.25) is 4.89 Å². The summed E-state index contributed by atoms with van der Waals surface area (Å²) in [5, 5.41) is 0. The molecular formula is C14H19BrO3. The van der Waals surface area contributed by atoms with Crippen LogP contribution in [0.25, 0.3) is 0 Å². The van der Waals surface area contributed by atoms with Crippen LogP contribution in [0.5, 0.6) is 0 Å². The van der Waals surface area contributed by atoms with Crippen LogP contribution in [0.3, 0.4) is 0 Å². The van der Waals surface area contributed by atoms with Crippen LogP contribution in [-0.4, -0.2) is 12.6 Å². The second-order valence-electron chi connectivity index (χ2n) is 4.59. The van der Waals surface area contributed by atoms with E-state index in [0.29, 0.717) is 18.1 Å². The van der Waals surface area contributed by atoms with E-state index >= 15 is 0 Å². The van der Waals surface area contributed by atoms with Crippen molar-refractivity contribution in [2.45, 2.75) is 33.6 Å². The van der Waals surface area contributed by atoms with Gasteiger partial charge in [0.25, 0.3) is 0 Å². The number of hydrogen-bond acceptors (Lipinski definition) is 3. The summed E-state index contributed by atoms with van der Waals surface area (Å²) in [5.41, 5.74) is 1.55. The van der Waals surface area contributed by atoms with Crippen LogP contribution in [0.15, 0.2) is 22.7 Å². The summed E-state index contributed by atoms with van der Waals surface area (Å²) in [5.74, 6) is 0.0500. The van der Waals surface area contributed by atoms with Gasteiger partial charge in [-0.05, 0) is 42.5 Å². The summed E-state index contributed by atoms with van der Waals surface area (Å²) >= 11 is 3.42. The highest BCUT2D eigenvalue weighted by atomic mass is 79.9. The number of carbonyl (C=O) groups excluding carboxylic acids is 1. The molecule has 0 N–H and O–H groups in total. The number of carbonyl (C=O) groups is 1. The third-order valence-corrected chi connectivity index (χ3v) is 2.83. The molecule has 1 aromatic rings. The molecule has 3 nitrogen and oxygen atoms in total. The van der Waals surface area contributed by atoms with Crippen LogP contribution >= 0.6 is 15.9 Å². The van der Waals surface area contributed by atoms with E-state index in [0.717, 1.165) is 22.9 Å². The lowest BCUT2D eigenvalue weighted by Gasteiger charge is -2.11. The summed E-state index contributed by atoms with van der Waals surface area (Å²) in [6, 6.07) is 5.55. The lowest BCUT2D eigenvalue weighted by Crippen LogP contribution is -2.11. The second kappa shape index (κ2) is 7.54. The van der Waals surface area contributed by atoms with Gasteiger partial charge in [-0.15, -0.1) is 0 Å². The molecule has 0 aliphatic rings. The predicted molar refractivity (Wildman–Crippen MR) is 74.3 cm³/mol. The van der Waals surface area contributed by atoms with Crippen molar-refractivity contribution in [2.24, 2.45) is 5.92 Å². The molecule has 0 radical (unpaired) electrons. The van der Waals surface area contributed by atoms with Crippen molar-refractivity contribution in [1.29, 1.82) is 0 Å². The van der Waals surface area contributed by atoms with Gasteiger partial charge in [0, 0.05) is 4.47 Å². The highest BCUT2D eigenvalue weighted by Gasteiger charge is 2.15. The molecule has 0 bridgehead atoms. The first-order chi connectivity index (χ1) is 8.54. The Labute approximate surface area is 117 Å². The van der Waals surface area contributed by atoms with Crippen molar-refractivity contribution in [3.05, 3.63) is 33.8 Å². The first-order valence-electron chi connectivity index (χ1n) is 6.16. The van der Waals surface area contributed by atoms with Crippen LogP contribution in [0, 0.1) is 5.92 Å². The van der Waals surface area contributed by atoms with Crippen LogP contribution in [0.4, 0.5) is 0 Å². The normalized spacial score (nSPS) is 10.7. The summed E-state index contributed by atoms with van der Waals surface area (Å²) in [7, 11) is 0. The Kier molecular flexibility index (Phi) is 6.36. The number of halogens is 1. The van der Waals surface area contributed by atoms with Crippen molar-refractivity contribution < 1.29 is 14.6 Å². The van der Waals surface area contributed by atoms with Gasteiger partial charge in [0.1, 0.15) is 0 Å². The zero-order chi connectivity index (χ0) is 13.5. The molecule has 0 fully saturated rings. The fourth-order valence-corrected chi connectivity index (χ4v) is 2.00. The van der Waals surface area contributed by atoms with E-state index in [-0.39, 0.29) is 0 Å². The lowest BCUT2D eigenvalue weighted by atomic mass is 9.98. The maximum absolute atomic E-state index is 11.9. The van der Waals surface area contributed by atoms with E-state index in [9.17, 15) is 4.79 Å². The molecule has 0 atom stereocenters. The van der Waals surface area contributed by atoms with Crippen molar-refractivity contribution in [1.82, 2.24) is 0 Å². The molecule has 4 heteroatoms. The van der Waals surface area contributed by atoms with Crippen molar-refractivity contribution in [2.75, 3.05) is 6.61 Å². The van der Waals surface area contributed by atoms with Crippen molar-refractivity contribution >= 4 is 21.9 Å². The molecule has 0 aromatic heterocycles. The molecule has 0 amide bonds. The SMILES string of the molecule is CCCOOC(=O)c1ccc(Br)cc1CC(C)C. The third kappa shape index (κ3) is 4.78. The van der Waals surface area contributed by atoms with Gasteiger partial charge in [0.2, 0.25) is 0 Å². The van der Waals surface area contributed by atoms with Crippen molar-refractivity contribution in [3.63, 3.8) is 0 Å². The van der Waals surface area contributed by atoms with E-state index in [4.69, 9.17) is 9.78 Å². The molecule has 1 rings (SSSR count). The standard InChI is InChI=1S/C14H19BrO3/c1-4-7-17-18-14(16)13-6-5-12(15)9-11(13)8-10(2)3/h5-6,9-10H,4,7-8H2,1-3H3. The average molecular weight is 315 g/mol. The number of rotatable bonds is 6. The maximum atomic E-state index is 11.9. The Morgan fingerprint density at radius 1 is 1.39 bits per heavy atom. The Balaban J connectivity index is 2.82. The van der Waals surface area contributed by atoms with E-state index < -0.39 is 5.97 Å². The van der Waals surface area contributed by atoms with E-state index in [1.807, 2.05) is 19.1 Å². The Bertz CT molecular complexity index is 402. The van der Waals surface area contributed by atoms with E-state index in [2.05, 4.69) is 29.8 Å². The third-order valence-electron chi connectivity index (χ3n) is 2.34. The molecule has 1 aromatic carbocycles. The number of hydrogen-bond donors (Lipinski definition) is 0. The minimum absolute atomic E-state index is 0.418. The Morgan fingerprint density at radius 3 is 2.72 bits per heavy atom. The first kappa shape index (κ1) is 15.2. The quantitative estimate of drug-likeness (QED) is 0.449. The summed E-state index contributed by atoms with van der Waals surface area (Å²) < 4.78 is 0.962. The minimum Gasteiger partial charge on any atom is -0.293 e. The van der Waals surface area contributed by atoms with Gasteiger partial charge >= 0.3 is 5.97 Å². The van der Waals surface area contributed by atoms with Gasteiger partial charge < -0.3 is 0 Å². The van der Waals surface area contributed by atoms with Crippen LogP contribution in [0.1, 0.15) is 43.1 Å². The molecule has 0 spiro atoms. The summed E-state index contributed by atoms with van der Waals surface area (Å²) in [6.07, 6.45) is 1.64. The van der Waals surface area contributed by atoms with Crippen LogP contribution in [-0.2, 0) is 16.2 Å². The molecule has 100 valence electrons. The topological polar surface area (TPSA) is 35.5 Å².